The number of unbranched alkanes of at least 4 members (excludes halogenated alkanes) is 6. The number of carbonyl (C=O) groups is 1. The maximum absolute atomic E-state index is 12.6. The van der Waals surface area contributed by atoms with E-state index >= 15 is 0 Å². The van der Waals surface area contributed by atoms with Gasteiger partial charge in [0.2, 0.25) is 5.91 Å². The van der Waals surface area contributed by atoms with E-state index in [1.807, 2.05) is 6.07 Å². The minimum Gasteiger partial charge on any atom is -0.394 e. The third-order valence-corrected chi connectivity index (χ3v) is 6.16. The summed E-state index contributed by atoms with van der Waals surface area (Å²) in [6.45, 7) is 1.38. The lowest BCUT2D eigenvalue weighted by Gasteiger charge is -2.40. The largest absolute Gasteiger partial charge is 0.394 e. The van der Waals surface area contributed by atoms with Crippen LogP contribution in [0.1, 0.15) is 70.0 Å². The van der Waals surface area contributed by atoms with Gasteiger partial charge in [0.1, 0.15) is 30.5 Å². The minimum atomic E-state index is -1.57. The Morgan fingerprint density at radius 2 is 1.65 bits per heavy atom. The van der Waals surface area contributed by atoms with Gasteiger partial charge in [0, 0.05) is 6.42 Å². The monoisotopic (exact) mass is 483 g/mol. The first-order chi connectivity index (χ1) is 16.4. The lowest BCUT2D eigenvalue weighted by Crippen LogP contribution is -2.59. The van der Waals surface area contributed by atoms with Crippen molar-refractivity contribution in [2.75, 3.05) is 13.2 Å². The van der Waals surface area contributed by atoms with E-state index in [9.17, 15) is 30.3 Å². The molecule has 0 aliphatic carbocycles. The number of amides is 1. The van der Waals surface area contributed by atoms with Gasteiger partial charge in [-0.2, -0.15) is 0 Å². The zero-order chi connectivity index (χ0) is 24.9. The number of carbonyl (C=O) groups excluding carboxylic acids is 1. The summed E-state index contributed by atoms with van der Waals surface area (Å²) in [5.74, 6) is -0.217. The Bertz CT molecular complexity index is 689. The van der Waals surface area contributed by atoms with E-state index < -0.39 is 49.5 Å². The van der Waals surface area contributed by atoms with Crippen LogP contribution in [0.2, 0.25) is 0 Å². The molecule has 0 radical (unpaired) electrons. The van der Waals surface area contributed by atoms with Crippen molar-refractivity contribution in [1.82, 2.24) is 5.32 Å². The van der Waals surface area contributed by atoms with Gasteiger partial charge in [-0.3, -0.25) is 4.79 Å². The molecule has 7 atom stereocenters. The second-order valence-electron chi connectivity index (χ2n) is 8.93. The third-order valence-electron chi connectivity index (χ3n) is 6.16. The van der Waals surface area contributed by atoms with Gasteiger partial charge in [-0.25, -0.2) is 0 Å². The molecule has 6 N–H and O–H groups in total. The highest BCUT2D eigenvalue weighted by molar-refractivity contribution is 5.76. The second kappa shape index (κ2) is 15.4. The molecule has 0 aromatic heterocycles. The molecule has 1 amide bonds. The van der Waals surface area contributed by atoms with Crippen molar-refractivity contribution in [2.24, 2.45) is 0 Å². The van der Waals surface area contributed by atoms with Gasteiger partial charge in [-0.1, -0.05) is 75.8 Å². The van der Waals surface area contributed by atoms with E-state index in [1.54, 1.807) is 24.3 Å². The Balaban J connectivity index is 1.94. The number of rotatable bonds is 15. The first kappa shape index (κ1) is 28.6. The number of hydrogen-bond acceptors (Lipinski definition) is 8. The standard InChI is InChI=1S/C25H41NO8/c1-2-3-4-5-6-7-11-14-20(28)26-18(21(29)17-12-9-8-10-13-17)16-33-25-24(32)23(31)22(30)19(15-27)34-25/h8-10,12-13,18-19,21-25,27,29-32H,2-7,11,14-16H2,1H3,(H,26,28). The Labute approximate surface area is 201 Å². The highest BCUT2D eigenvalue weighted by Gasteiger charge is 2.44. The van der Waals surface area contributed by atoms with Gasteiger partial charge in [0.05, 0.1) is 19.3 Å². The number of ether oxygens (including phenoxy) is 2. The first-order valence-corrected chi connectivity index (χ1v) is 12.3. The number of aliphatic hydroxyl groups is 5. The Morgan fingerprint density at radius 1 is 1.00 bits per heavy atom. The predicted octanol–water partition coefficient (Wildman–Crippen LogP) is 1.16. The van der Waals surface area contributed by atoms with Crippen LogP contribution in [0.3, 0.4) is 0 Å². The van der Waals surface area contributed by atoms with Crippen LogP contribution >= 0.6 is 0 Å². The molecule has 9 heteroatoms. The first-order valence-electron chi connectivity index (χ1n) is 12.3. The average Bonchev–Trinajstić information content (AvgIpc) is 2.85. The lowest BCUT2D eigenvalue weighted by atomic mass is 9.99. The fourth-order valence-corrected chi connectivity index (χ4v) is 4.02. The van der Waals surface area contributed by atoms with Crippen LogP contribution in [0.4, 0.5) is 0 Å². The maximum Gasteiger partial charge on any atom is 0.220 e. The van der Waals surface area contributed by atoms with Gasteiger partial charge >= 0.3 is 0 Å². The smallest absolute Gasteiger partial charge is 0.220 e. The Hall–Kier alpha value is -1.59. The molecule has 0 bridgehead atoms. The van der Waals surface area contributed by atoms with Gasteiger partial charge in [0.15, 0.2) is 6.29 Å². The number of nitrogens with one attached hydrogen (secondary N) is 1. The number of benzene rings is 1. The fourth-order valence-electron chi connectivity index (χ4n) is 4.02. The third kappa shape index (κ3) is 8.88. The normalized spacial score (nSPS) is 26.7. The van der Waals surface area contributed by atoms with E-state index in [-0.39, 0.29) is 12.5 Å². The Morgan fingerprint density at radius 3 is 2.29 bits per heavy atom. The predicted molar refractivity (Wildman–Crippen MR) is 126 cm³/mol. The molecule has 1 fully saturated rings. The van der Waals surface area contributed by atoms with E-state index in [0.717, 1.165) is 25.7 Å². The molecule has 9 nitrogen and oxygen atoms in total. The fraction of sp³-hybridized carbons (Fsp3) is 0.720. The lowest BCUT2D eigenvalue weighted by molar-refractivity contribution is -0.302. The molecule has 1 saturated heterocycles. The molecule has 1 aromatic rings. The topological polar surface area (TPSA) is 149 Å². The van der Waals surface area contributed by atoms with E-state index in [1.165, 1.54) is 19.3 Å². The van der Waals surface area contributed by atoms with Crippen molar-refractivity contribution in [2.45, 2.75) is 101 Å². The molecular formula is C25H41NO8. The molecule has 1 aliphatic heterocycles. The SMILES string of the molecule is CCCCCCCCCC(=O)NC(COC1OC(CO)C(O)C(O)C1O)C(O)c1ccccc1. The molecule has 2 rings (SSSR count). The average molecular weight is 484 g/mol. The maximum atomic E-state index is 12.6. The number of hydrogen-bond donors (Lipinski definition) is 6. The van der Waals surface area contributed by atoms with Gasteiger partial charge in [0.25, 0.3) is 0 Å². The quantitative estimate of drug-likeness (QED) is 0.204. The van der Waals surface area contributed by atoms with Crippen molar-refractivity contribution in [3.05, 3.63) is 35.9 Å². The van der Waals surface area contributed by atoms with E-state index in [4.69, 9.17) is 9.47 Å². The van der Waals surface area contributed by atoms with Crippen LogP contribution in [0, 0.1) is 0 Å². The summed E-state index contributed by atoms with van der Waals surface area (Å²) in [7, 11) is 0. The van der Waals surface area contributed by atoms with Crippen LogP contribution in [0.15, 0.2) is 30.3 Å². The molecule has 1 heterocycles. The van der Waals surface area contributed by atoms with Gasteiger partial charge < -0.3 is 40.3 Å². The molecule has 194 valence electrons. The van der Waals surface area contributed by atoms with Crippen LogP contribution in [0.5, 0.6) is 0 Å². The summed E-state index contributed by atoms with van der Waals surface area (Å²) in [6.07, 6.45) is -0.228. The van der Waals surface area contributed by atoms with Crippen LogP contribution in [-0.4, -0.2) is 81.4 Å². The molecule has 1 aliphatic rings. The Kier molecular flexibility index (Phi) is 13.0. The summed E-state index contributed by atoms with van der Waals surface area (Å²) in [5, 5.41) is 53.1. The zero-order valence-electron chi connectivity index (χ0n) is 20.0. The molecule has 7 unspecified atom stereocenters. The molecule has 0 saturated carbocycles. The minimum absolute atomic E-state index is 0.217. The van der Waals surface area contributed by atoms with Crippen LogP contribution in [-0.2, 0) is 14.3 Å². The van der Waals surface area contributed by atoms with Crippen LogP contribution in [0.25, 0.3) is 0 Å². The number of aliphatic hydroxyl groups excluding tert-OH is 5. The van der Waals surface area contributed by atoms with Crippen molar-refractivity contribution in [3.63, 3.8) is 0 Å². The summed E-state index contributed by atoms with van der Waals surface area (Å²) in [6, 6.07) is 7.98. The highest BCUT2D eigenvalue weighted by atomic mass is 16.7. The summed E-state index contributed by atoms with van der Waals surface area (Å²) >= 11 is 0. The molecule has 0 spiro atoms. The van der Waals surface area contributed by atoms with E-state index in [2.05, 4.69) is 12.2 Å². The van der Waals surface area contributed by atoms with E-state index in [0.29, 0.717) is 12.0 Å². The summed E-state index contributed by atoms with van der Waals surface area (Å²) in [4.78, 5) is 12.6. The van der Waals surface area contributed by atoms with Crippen molar-refractivity contribution in [3.8, 4) is 0 Å². The molecule has 34 heavy (non-hydrogen) atoms. The summed E-state index contributed by atoms with van der Waals surface area (Å²) in [5.41, 5.74) is 0.584. The van der Waals surface area contributed by atoms with Crippen molar-refractivity contribution in [1.29, 1.82) is 0 Å². The summed E-state index contributed by atoms with van der Waals surface area (Å²) < 4.78 is 11.0. The highest BCUT2D eigenvalue weighted by Crippen LogP contribution is 2.24. The van der Waals surface area contributed by atoms with Crippen LogP contribution < -0.4 is 5.32 Å². The van der Waals surface area contributed by atoms with Crippen molar-refractivity contribution < 1.29 is 39.8 Å². The van der Waals surface area contributed by atoms with Gasteiger partial charge in [-0.05, 0) is 12.0 Å². The van der Waals surface area contributed by atoms with Gasteiger partial charge in [-0.15, -0.1) is 0 Å². The molecule has 1 aromatic carbocycles. The zero-order valence-corrected chi connectivity index (χ0v) is 20.0. The molecular weight excluding hydrogens is 442 g/mol. The van der Waals surface area contributed by atoms with Crippen molar-refractivity contribution >= 4 is 5.91 Å². The second-order valence-corrected chi connectivity index (χ2v) is 8.93.